The Balaban J connectivity index is 1.46. The first-order valence-corrected chi connectivity index (χ1v) is 12.2. The van der Waals surface area contributed by atoms with Crippen LogP contribution in [0.5, 0.6) is 0 Å². The van der Waals surface area contributed by atoms with Crippen molar-refractivity contribution < 1.29 is 14.1 Å². The van der Waals surface area contributed by atoms with E-state index in [0.29, 0.717) is 31.6 Å². The number of pyridine rings is 1. The van der Waals surface area contributed by atoms with Gasteiger partial charge in [-0.25, -0.2) is 9.37 Å². The Bertz CT molecular complexity index is 1520. The summed E-state index contributed by atoms with van der Waals surface area (Å²) < 4.78 is 15.2. The Hall–Kier alpha value is -4.12. The number of anilines is 2. The predicted molar refractivity (Wildman–Crippen MR) is 136 cm³/mol. The number of benzene rings is 2. The van der Waals surface area contributed by atoms with Gasteiger partial charge < -0.3 is 14.8 Å². The van der Waals surface area contributed by atoms with Crippen LogP contribution in [-0.4, -0.2) is 38.4 Å². The van der Waals surface area contributed by atoms with E-state index in [0.717, 1.165) is 20.3 Å². The second kappa shape index (κ2) is 9.50. The Morgan fingerprint density at radius 3 is 2.61 bits per heavy atom. The molecule has 0 radical (unpaired) electrons. The normalized spacial score (nSPS) is 14.2. The Morgan fingerprint density at radius 1 is 1.19 bits per heavy atom. The zero-order valence-electron chi connectivity index (χ0n) is 19.3. The topological polar surface area (TPSA) is 110 Å². The Kier molecular flexibility index (Phi) is 6.23. The van der Waals surface area contributed by atoms with Crippen molar-refractivity contribution in [3.05, 3.63) is 91.6 Å². The number of piperidine rings is 1. The lowest BCUT2D eigenvalue weighted by Crippen LogP contribution is -2.39. The molecule has 1 aliphatic rings. The summed E-state index contributed by atoms with van der Waals surface area (Å²) in [6, 6.07) is 11.6. The summed E-state index contributed by atoms with van der Waals surface area (Å²) in [4.78, 5) is 43.3. The number of hydrogen-bond acceptors (Lipinski definition) is 7. The quantitative estimate of drug-likeness (QED) is 0.307. The lowest BCUT2D eigenvalue weighted by atomic mass is 9.89. The number of nitrogens with one attached hydrogen (secondary N) is 1. The molecule has 0 bridgehead atoms. The largest absolute Gasteiger partial charge is 0.358 e. The molecule has 11 heteroatoms. The predicted octanol–water partition coefficient (Wildman–Crippen LogP) is 4.81. The number of likely N-dealkylation sites (tertiary alicyclic amines) is 1. The van der Waals surface area contributed by atoms with E-state index in [1.54, 1.807) is 40.7 Å². The average Bonchev–Trinajstić information content (AvgIpc) is 3.34. The first kappa shape index (κ1) is 23.6. The van der Waals surface area contributed by atoms with Crippen molar-refractivity contribution in [2.24, 2.45) is 7.05 Å². The third-order valence-electron chi connectivity index (χ3n) is 6.49. The van der Waals surface area contributed by atoms with Gasteiger partial charge in [0, 0.05) is 32.0 Å². The zero-order valence-corrected chi connectivity index (χ0v) is 20.1. The molecule has 3 heterocycles. The van der Waals surface area contributed by atoms with Crippen LogP contribution >= 0.6 is 11.3 Å². The summed E-state index contributed by atoms with van der Waals surface area (Å²) in [5.41, 5.74) is 2.42. The van der Waals surface area contributed by atoms with Gasteiger partial charge in [0.2, 0.25) is 0 Å². The van der Waals surface area contributed by atoms with Crippen LogP contribution in [0.1, 0.15) is 34.7 Å². The molecule has 9 nitrogen and oxygen atoms in total. The third kappa shape index (κ3) is 4.44. The molecule has 0 aliphatic carbocycles. The monoisotopic (exact) mass is 507 g/mol. The van der Waals surface area contributed by atoms with Crippen LogP contribution in [0.3, 0.4) is 0 Å². The van der Waals surface area contributed by atoms with Gasteiger partial charge in [-0.1, -0.05) is 12.1 Å². The fourth-order valence-electron chi connectivity index (χ4n) is 4.57. The summed E-state index contributed by atoms with van der Waals surface area (Å²) in [6.45, 7) is 0.869. The molecule has 36 heavy (non-hydrogen) atoms. The molecule has 0 spiro atoms. The standard InChI is InChI=1S/C25H22FN5O4S/c1-29-13-19(24(32)30-10-8-16(9-11-30)15-2-4-17(26)5-3-15)22(23(25(29)33)31(34)35)28-18-6-7-20-21(12-18)36-14-27-20/h2-7,12-14,16,28H,8-11H2,1H3. The number of fused-ring (bicyclic) bond motifs is 1. The Morgan fingerprint density at radius 2 is 1.92 bits per heavy atom. The maximum absolute atomic E-state index is 13.6. The maximum atomic E-state index is 13.6. The molecule has 1 fully saturated rings. The number of nitro groups is 1. The van der Waals surface area contributed by atoms with E-state index in [1.807, 2.05) is 0 Å². The van der Waals surface area contributed by atoms with Gasteiger partial charge in [0.15, 0.2) is 0 Å². The highest BCUT2D eigenvalue weighted by molar-refractivity contribution is 7.16. The fourth-order valence-corrected chi connectivity index (χ4v) is 5.29. The van der Waals surface area contributed by atoms with Gasteiger partial charge in [-0.15, -0.1) is 11.3 Å². The second-order valence-electron chi connectivity index (χ2n) is 8.72. The molecule has 5 rings (SSSR count). The first-order chi connectivity index (χ1) is 17.3. The molecular weight excluding hydrogens is 485 g/mol. The van der Waals surface area contributed by atoms with Gasteiger partial charge in [-0.2, -0.15) is 0 Å². The highest BCUT2D eigenvalue weighted by Crippen LogP contribution is 2.33. The van der Waals surface area contributed by atoms with Gasteiger partial charge in [0.05, 0.1) is 26.2 Å². The molecule has 184 valence electrons. The van der Waals surface area contributed by atoms with Crippen LogP contribution < -0.4 is 10.9 Å². The molecule has 1 N–H and O–H groups in total. The summed E-state index contributed by atoms with van der Waals surface area (Å²) in [5, 5.41) is 14.9. The molecule has 0 atom stereocenters. The minimum Gasteiger partial charge on any atom is -0.349 e. The van der Waals surface area contributed by atoms with Crippen LogP contribution in [0, 0.1) is 15.9 Å². The molecule has 0 saturated carbocycles. The van der Waals surface area contributed by atoms with Crippen molar-refractivity contribution in [3.63, 3.8) is 0 Å². The summed E-state index contributed by atoms with van der Waals surface area (Å²) in [6.07, 6.45) is 2.70. The van der Waals surface area contributed by atoms with Crippen molar-refractivity contribution in [1.29, 1.82) is 0 Å². The molecule has 2 aromatic carbocycles. The molecule has 1 saturated heterocycles. The molecule has 2 aromatic heterocycles. The maximum Gasteiger partial charge on any atom is 0.358 e. The number of rotatable bonds is 5. The second-order valence-corrected chi connectivity index (χ2v) is 9.60. The number of halogens is 1. The fraction of sp³-hybridized carbons (Fsp3) is 0.240. The molecule has 1 amide bonds. The lowest BCUT2D eigenvalue weighted by molar-refractivity contribution is -0.385. The minimum absolute atomic E-state index is 0.0495. The van der Waals surface area contributed by atoms with E-state index >= 15 is 0 Å². The van der Waals surface area contributed by atoms with E-state index in [1.165, 1.54) is 36.7 Å². The minimum atomic E-state index is -0.812. The van der Waals surface area contributed by atoms with Gasteiger partial charge in [0.1, 0.15) is 11.5 Å². The van der Waals surface area contributed by atoms with Gasteiger partial charge in [0.25, 0.3) is 5.91 Å². The number of nitrogens with zero attached hydrogens (tertiary/aromatic N) is 4. The van der Waals surface area contributed by atoms with Crippen LogP contribution in [0.4, 0.5) is 21.5 Å². The average molecular weight is 508 g/mol. The number of thiazole rings is 1. The number of aryl methyl sites for hydroxylation is 1. The van der Waals surface area contributed by atoms with Crippen molar-refractivity contribution >= 4 is 44.5 Å². The summed E-state index contributed by atoms with van der Waals surface area (Å²) >= 11 is 1.41. The molecule has 4 aromatic rings. The number of amides is 1. The van der Waals surface area contributed by atoms with Gasteiger partial charge in [-0.05, 0) is 54.7 Å². The van der Waals surface area contributed by atoms with Crippen molar-refractivity contribution in [1.82, 2.24) is 14.5 Å². The lowest BCUT2D eigenvalue weighted by Gasteiger charge is -2.32. The zero-order chi connectivity index (χ0) is 25.4. The number of aromatic nitrogens is 2. The van der Waals surface area contributed by atoms with E-state index < -0.39 is 22.1 Å². The highest BCUT2D eigenvalue weighted by atomic mass is 32.1. The van der Waals surface area contributed by atoms with Crippen LogP contribution in [0.25, 0.3) is 10.2 Å². The molecule has 0 unspecified atom stereocenters. The number of carbonyl (C=O) groups is 1. The molecular formula is C25H22FN5O4S. The SMILES string of the molecule is Cn1cc(C(=O)N2CCC(c3ccc(F)cc3)CC2)c(Nc2ccc3ncsc3c2)c([N+](=O)[O-])c1=O. The van der Waals surface area contributed by atoms with E-state index in [-0.39, 0.29) is 23.0 Å². The van der Waals surface area contributed by atoms with Gasteiger partial charge >= 0.3 is 11.2 Å². The number of hydrogen-bond donors (Lipinski definition) is 1. The van der Waals surface area contributed by atoms with Crippen LogP contribution in [-0.2, 0) is 7.05 Å². The van der Waals surface area contributed by atoms with E-state index in [4.69, 9.17) is 0 Å². The third-order valence-corrected chi connectivity index (χ3v) is 7.28. The smallest absolute Gasteiger partial charge is 0.349 e. The van der Waals surface area contributed by atoms with Crippen molar-refractivity contribution in [3.8, 4) is 0 Å². The summed E-state index contributed by atoms with van der Waals surface area (Å²) in [5.74, 6) is -0.502. The highest BCUT2D eigenvalue weighted by Gasteiger charge is 2.32. The van der Waals surface area contributed by atoms with Crippen LogP contribution in [0.15, 0.2) is 59.0 Å². The first-order valence-electron chi connectivity index (χ1n) is 11.3. The van der Waals surface area contributed by atoms with E-state index in [9.17, 15) is 24.1 Å². The van der Waals surface area contributed by atoms with Gasteiger partial charge in [-0.3, -0.25) is 19.7 Å². The Labute approximate surface area is 209 Å². The van der Waals surface area contributed by atoms with Crippen LogP contribution in [0.2, 0.25) is 0 Å². The summed E-state index contributed by atoms with van der Waals surface area (Å²) in [7, 11) is 1.39. The van der Waals surface area contributed by atoms with Crippen molar-refractivity contribution in [2.45, 2.75) is 18.8 Å². The number of carbonyl (C=O) groups excluding carboxylic acids is 1. The molecule has 1 aliphatic heterocycles. The van der Waals surface area contributed by atoms with Crippen molar-refractivity contribution in [2.75, 3.05) is 18.4 Å². The van der Waals surface area contributed by atoms with E-state index in [2.05, 4.69) is 10.3 Å².